The first kappa shape index (κ1) is 11.2. The predicted molar refractivity (Wildman–Crippen MR) is 76.8 cm³/mol. The molecule has 0 aliphatic rings. The molecule has 3 heteroatoms. The molecule has 3 aromatic rings. The van der Waals surface area contributed by atoms with Crippen LogP contribution in [0.3, 0.4) is 0 Å². The number of carbonyl (C=O) groups excluding carboxylic acids is 1. The van der Waals surface area contributed by atoms with Crippen LogP contribution in [0.1, 0.15) is 10.4 Å². The van der Waals surface area contributed by atoms with E-state index in [1.165, 1.54) is 0 Å². The third-order valence-corrected chi connectivity index (χ3v) is 3.49. The highest BCUT2D eigenvalue weighted by molar-refractivity contribution is 9.10. The smallest absolute Gasteiger partial charge is 0.152 e. The summed E-state index contributed by atoms with van der Waals surface area (Å²) in [7, 11) is 0. The van der Waals surface area contributed by atoms with Gasteiger partial charge in [0.1, 0.15) is 0 Å². The molecule has 0 aliphatic heterocycles. The van der Waals surface area contributed by atoms with Crippen LogP contribution in [0.4, 0.5) is 0 Å². The zero-order valence-electron chi connectivity index (χ0n) is 9.48. The standard InChI is InChI=1S/C15H10BrNO/c16-13-3-1-2-10(6-13)11-4-5-15-14(7-11)12(9-18)8-17-15/h1-9,17H. The molecule has 2 aromatic carbocycles. The fourth-order valence-electron chi connectivity index (χ4n) is 2.09. The van der Waals surface area contributed by atoms with Gasteiger partial charge in [-0.1, -0.05) is 34.1 Å². The van der Waals surface area contributed by atoms with E-state index in [9.17, 15) is 4.79 Å². The van der Waals surface area contributed by atoms with E-state index in [-0.39, 0.29) is 0 Å². The Balaban J connectivity index is 2.21. The lowest BCUT2D eigenvalue weighted by atomic mass is 10.0. The highest BCUT2D eigenvalue weighted by Crippen LogP contribution is 2.27. The number of halogens is 1. The minimum atomic E-state index is 0.696. The van der Waals surface area contributed by atoms with Crippen LogP contribution in [-0.4, -0.2) is 11.3 Å². The van der Waals surface area contributed by atoms with Gasteiger partial charge in [-0.15, -0.1) is 0 Å². The summed E-state index contributed by atoms with van der Waals surface area (Å²) in [5.41, 5.74) is 3.91. The third kappa shape index (κ3) is 1.87. The van der Waals surface area contributed by atoms with Crippen LogP contribution in [0.25, 0.3) is 22.0 Å². The Hall–Kier alpha value is -1.87. The van der Waals surface area contributed by atoms with E-state index < -0.39 is 0 Å². The molecule has 0 radical (unpaired) electrons. The molecule has 88 valence electrons. The van der Waals surface area contributed by atoms with Gasteiger partial charge in [0.15, 0.2) is 6.29 Å². The molecule has 0 aliphatic carbocycles. The third-order valence-electron chi connectivity index (χ3n) is 3.00. The molecule has 1 N–H and O–H groups in total. The Morgan fingerprint density at radius 2 is 1.89 bits per heavy atom. The van der Waals surface area contributed by atoms with Crippen molar-refractivity contribution < 1.29 is 4.79 Å². The molecule has 2 nitrogen and oxygen atoms in total. The lowest BCUT2D eigenvalue weighted by molar-refractivity contribution is 0.112. The van der Waals surface area contributed by atoms with Gasteiger partial charge in [-0.05, 0) is 35.4 Å². The van der Waals surface area contributed by atoms with Crippen molar-refractivity contribution >= 4 is 33.1 Å². The van der Waals surface area contributed by atoms with Gasteiger partial charge < -0.3 is 4.98 Å². The SMILES string of the molecule is O=Cc1c[nH]c2ccc(-c3cccc(Br)c3)cc12. The molecule has 0 amide bonds. The van der Waals surface area contributed by atoms with Gasteiger partial charge in [-0.3, -0.25) is 4.79 Å². The molecule has 0 saturated heterocycles. The molecule has 0 spiro atoms. The number of nitrogens with one attached hydrogen (secondary N) is 1. The number of rotatable bonds is 2. The highest BCUT2D eigenvalue weighted by Gasteiger charge is 2.05. The number of hydrogen-bond donors (Lipinski definition) is 1. The van der Waals surface area contributed by atoms with Crippen molar-refractivity contribution in [2.75, 3.05) is 0 Å². The van der Waals surface area contributed by atoms with Crippen molar-refractivity contribution in [2.45, 2.75) is 0 Å². The maximum absolute atomic E-state index is 11.0. The van der Waals surface area contributed by atoms with Gasteiger partial charge in [-0.25, -0.2) is 0 Å². The molecule has 0 unspecified atom stereocenters. The molecule has 1 heterocycles. The Morgan fingerprint density at radius 1 is 1.06 bits per heavy atom. The summed E-state index contributed by atoms with van der Waals surface area (Å²) in [6, 6.07) is 14.2. The maximum atomic E-state index is 11.0. The topological polar surface area (TPSA) is 32.9 Å². The maximum Gasteiger partial charge on any atom is 0.152 e. The largest absolute Gasteiger partial charge is 0.360 e. The minimum absolute atomic E-state index is 0.696. The fourth-order valence-corrected chi connectivity index (χ4v) is 2.49. The Labute approximate surface area is 113 Å². The molecule has 1 aromatic heterocycles. The minimum Gasteiger partial charge on any atom is -0.360 e. The van der Waals surface area contributed by atoms with Gasteiger partial charge in [0.05, 0.1) is 0 Å². The molecule has 0 atom stereocenters. The average molecular weight is 300 g/mol. The van der Waals surface area contributed by atoms with Gasteiger partial charge in [0.2, 0.25) is 0 Å². The molecule has 18 heavy (non-hydrogen) atoms. The first-order valence-corrected chi connectivity index (χ1v) is 6.39. The first-order valence-electron chi connectivity index (χ1n) is 5.60. The fraction of sp³-hybridized carbons (Fsp3) is 0. The second-order valence-electron chi connectivity index (χ2n) is 4.13. The zero-order chi connectivity index (χ0) is 12.5. The Kier molecular flexibility index (Phi) is 2.76. The summed E-state index contributed by atoms with van der Waals surface area (Å²) in [5, 5.41) is 0.961. The molecule has 3 rings (SSSR count). The second-order valence-corrected chi connectivity index (χ2v) is 5.05. The van der Waals surface area contributed by atoms with Crippen molar-refractivity contribution in [3.8, 4) is 11.1 Å². The number of hydrogen-bond acceptors (Lipinski definition) is 1. The van der Waals surface area contributed by atoms with Crippen molar-refractivity contribution in [1.82, 2.24) is 4.98 Å². The molecular formula is C15H10BrNO. The van der Waals surface area contributed by atoms with Gasteiger partial charge in [0.25, 0.3) is 0 Å². The lowest BCUT2D eigenvalue weighted by Gasteiger charge is -2.03. The highest BCUT2D eigenvalue weighted by atomic mass is 79.9. The van der Waals surface area contributed by atoms with Crippen molar-refractivity contribution in [3.63, 3.8) is 0 Å². The quantitative estimate of drug-likeness (QED) is 0.699. The molecule has 0 fully saturated rings. The van der Waals surface area contributed by atoms with Crippen molar-refractivity contribution in [1.29, 1.82) is 0 Å². The number of H-pyrrole nitrogens is 1. The van der Waals surface area contributed by atoms with E-state index in [0.29, 0.717) is 5.56 Å². The summed E-state index contributed by atoms with van der Waals surface area (Å²) in [5.74, 6) is 0. The van der Waals surface area contributed by atoms with Crippen LogP contribution >= 0.6 is 15.9 Å². The second kappa shape index (κ2) is 4.42. The number of fused-ring (bicyclic) bond motifs is 1. The molecule has 0 saturated carbocycles. The van der Waals surface area contributed by atoms with Gasteiger partial charge in [0, 0.05) is 27.1 Å². The summed E-state index contributed by atoms with van der Waals surface area (Å²) in [6.45, 7) is 0. The normalized spacial score (nSPS) is 10.7. The zero-order valence-corrected chi connectivity index (χ0v) is 11.1. The predicted octanol–water partition coefficient (Wildman–Crippen LogP) is 4.41. The van der Waals surface area contributed by atoms with Gasteiger partial charge >= 0.3 is 0 Å². The van der Waals surface area contributed by atoms with Crippen molar-refractivity contribution in [2.24, 2.45) is 0 Å². The van der Waals surface area contributed by atoms with E-state index in [1.807, 2.05) is 24.3 Å². The van der Waals surface area contributed by atoms with Crippen LogP contribution in [0.5, 0.6) is 0 Å². The monoisotopic (exact) mass is 299 g/mol. The van der Waals surface area contributed by atoms with E-state index in [1.54, 1.807) is 6.20 Å². The van der Waals surface area contributed by atoms with Crippen LogP contribution in [-0.2, 0) is 0 Å². The number of benzene rings is 2. The number of aromatic nitrogens is 1. The Morgan fingerprint density at radius 3 is 2.67 bits per heavy atom. The van der Waals surface area contributed by atoms with Crippen LogP contribution in [0, 0.1) is 0 Å². The number of carbonyl (C=O) groups is 1. The molecular weight excluding hydrogens is 290 g/mol. The lowest BCUT2D eigenvalue weighted by Crippen LogP contribution is -1.80. The summed E-state index contributed by atoms with van der Waals surface area (Å²) in [6.07, 6.45) is 2.62. The van der Waals surface area contributed by atoms with Gasteiger partial charge in [-0.2, -0.15) is 0 Å². The van der Waals surface area contributed by atoms with Crippen LogP contribution in [0.2, 0.25) is 0 Å². The average Bonchev–Trinajstić information content (AvgIpc) is 2.80. The summed E-state index contributed by atoms with van der Waals surface area (Å²) < 4.78 is 1.05. The van der Waals surface area contributed by atoms with Crippen molar-refractivity contribution in [3.05, 3.63) is 58.7 Å². The van der Waals surface area contributed by atoms with Crippen LogP contribution < -0.4 is 0 Å². The number of aromatic amines is 1. The summed E-state index contributed by atoms with van der Waals surface area (Å²) >= 11 is 3.47. The van der Waals surface area contributed by atoms with E-state index in [0.717, 1.165) is 32.8 Å². The van der Waals surface area contributed by atoms with E-state index >= 15 is 0 Å². The first-order chi connectivity index (χ1) is 8.78. The molecule has 0 bridgehead atoms. The number of aldehydes is 1. The van der Waals surface area contributed by atoms with E-state index in [2.05, 4.69) is 39.1 Å². The summed E-state index contributed by atoms with van der Waals surface area (Å²) in [4.78, 5) is 14.0. The van der Waals surface area contributed by atoms with E-state index in [4.69, 9.17) is 0 Å². The van der Waals surface area contributed by atoms with Crippen LogP contribution in [0.15, 0.2) is 53.1 Å². The Bertz CT molecular complexity index is 730.